The van der Waals surface area contributed by atoms with Crippen molar-refractivity contribution < 1.29 is 4.79 Å². The van der Waals surface area contributed by atoms with E-state index in [4.69, 9.17) is 5.73 Å². The van der Waals surface area contributed by atoms with Gasteiger partial charge in [0.15, 0.2) is 0 Å². The molecule has 1 heterocycles. The Labute approximate surface area is 96.9 Å². The van der Waals surface area contributed by atoms with Gasteiger partial charge < -0.3 is 11.1 Å². The van der Waals surface area contributed by atoms with Gasteiger partial charge in [0.05, 0.1) is 6.04 Å². The molecule has 90 valence electrons. The molecule has 0 aromatic heterocycles. The van der Waals surface area contributed by atoms with Crippen molar-refractivity contribution in [2.45, 2.75) is 43.8 Å². The predicted octanol–water partition coefficient (Wildman–Crippen LogP) is 0.243. The van der Waals surface area contributed by atoms with Gasteiger partial charge >= 0.3 is 0 Å². The first-order valence-corrected chi connectivity index (χ1v) is 6.11. The fraction of sp³-hybridized carbons (Fsp3) is 0.750. The lowest BCUT2D eigenvalue weighted by atomic mass is 10.2. The summed E-state index contributed by atoms with van der Waals surface area (Å²) in [5, 5.41) is 3.02. The van der Waals surface area contributed by atoms with E-state index in [2.05, 4.69) is 16.8 Å². The Kier molecular flexibility index (Phi) is 3.61. The summed E-state index contributed by atoms with van der Waals surface area (Å²) in [5.41, 5.74) is 5.72. The standard InChI is InChI=1S/C12H21N3O/c1-2-3-11(13)12(16)14-9-6-7-15(8-9)10-4-5-10/h2,9-11H,1,3-8,13H2,(H,14,16). The predicted molar refractivity (Wildman–Crippen MR) is 63.9 cm³/mol. The van der Waals surface area contributed by atoms with E-state index in [-0.39, 0.29) is 5.91 Å². The molecular weight excluding hydrogens is 202 g/mol. The first-order chi connectivity index (χ1) is 7.70. The number of nitrogens with one attached hydrogen (secondary N) is 1. The van der Waals surface area contributed by atoms with Gasteiger partial charge in [0, 0.05) is 25.2 Å². The molecule has 1 amide bonds. The first kappa shape index (κ1) is 11.6. The number of hydrogen-bond donors (Lipinski definition) is 2. The molecule has 2 aliphatic rings. The van der Waals surface area contributed by atoms with E-state index in [9.17, 15) is 4.79 Å². The molecule has 0 aromatic carbocycles. The average molecular weight is 223 g/mol. The van der Waals surface area contributed by atoms with Crippen molar-refractivity contribution in [3.63, 3.8) is 0 Å². The van der Waals surface area contributed by atoms with Crippen LogP contribution >= 0.6 is 0 Å². The van der Waals surface area contributed by atoms with E-state index >= 15 is 0 Å². The van der Waals surface area contributed by atoms with Crippen LogP contribution in [0.4, 0.5) is 0 Å². The highest BCUT2D eigenvalue weighted by molar-refractivity contribution is 5.81. The normalized spacial score (nSPS) is 27.7. The monoisotopic (exact) mass is 223 g/mol. The summed E-state index contributed by atoms with van der Waals surface area (Å²) in [6, 6.07) is 0.653. The van der Waals surface area contributed by atoms with Crippen LogP contribution in [-0.2, 0) is 4.79 Å². The van der Waals surface area contributed by atoms with E-state index in [1.807, 2.05) is 0 Å². The van der Waals surface area contributed by atoms with Crippen molar-refractivity contribution in [3.8, 4) is 0 Å². The van der Waals surface area contributed by atoms with Gasteiger partial charge in [0.2, 0.25) is 5.91 Å². The Morgan fingerprint density at radius 1 is 1.56 bits per heavy atom. The molecule has 1 saturated heterocycles. The molecule has 2 atom stereocenters. The van der Waals surface area contributed by atoms with Crippen LogP contribution in [0.5, 0.6) is 0 Å². The van der Waals surface area contributed by atoms with Crippen LogP contribution in [-0.4, -0.2) is 42.0 Å². The second-order valence-electron chi connectivity index (χ2n) is 4.85. The fourth-order valence-electron chi connectivity index (χ4n) is 2.27. The maximum Gasteiger partial charge on any atom is 0.237 e. The molecule has 0 aromatic rings. The molecule has 16 heavy (non-hydrogen) atoms. The molecule has 4 heteroatoms. The minimum absolute atomic E-state index is 0.0393. The van der Waals surface area contributed by atoms with Gasteiger partial charge in [-0.2, -0.15) is 0 Å². The minimum Gasteiger partial charge on any atom is -0.351 e. The highest BCUT2D eigenvalue weighted by atomic mass is 16.2. The van der Waals surface area contributed by atoms with Gasteiger partial charge in [-0.25, -0.2) is 0 Å². The Bertz CT molecular complexity index is 275. The molecule has 4 nitrogen and oxygen atoms in total. The van der Waals surface area contributed by atoms with E-state index in [1.54, 1.807) is 6.08 Å². The number of rotatable bonds is 5. The summed E-state index contributed by atoms with van der Waals surface area (Å²) in [6.45, 7) is 5.70. The summed E-state index contributed by atoms with van der Waals surface area (Å²) in [6.07, 6.45) is 5.95. The Hall–Kier alpha value is -0.870. The highest BCUT2D eigenvalue weighted by Crippen LogP contribution is 2.29. The molecule has 0 bridgehead atoms. The van der Waals surface area contributed by atoms with E-state index in [0.717, 1.165) is 25.6 Å². The summed E-state index contributed by atoms with van der Waals surface area (Å²) >= 11 is 0. The van der Waals surface area contributed by atoms with Gasteiger partial charge in [-0.05, 0) is 25.7 Å². The Balaban J connectivity index is 1.73. The maximum absolute atomic E-state index is 11.7. The van der Waals surface area contributed by atoms with Crippen molar-refractivity contribution >= 4 is 5.91 Å². The molecule has 1 saturated carbocycles. The average Bonchev–Trinajstić information content (AvgIpc) is 3.01. The third-order valence-corrected chi connectivity index (χ3v) is 3.39. The third-order valence-electron chi connectivity index (χ3n) is 3.39. The van der Waals surface area contributed by atoms with Gasteiger partial charge in [-0.3, -0.25) is 9.69 Å². The molecule has 3 N–H and O–H groups in total. The van der Waals surface area contributed by atoms with Crippen molar-refractivity contribution in [1.82, 2.24) is 10.2 Å². The summed E-state index contributed by atoms with van der Waals surface area (Å²) < 4.78 is 0. The van der Waals surface area contributed by atoms with Crippen molar-refractivity contribution in [2.24, 2.45) is 5.73 Å². The number of nitrogens with zero attached hydrogens (tertiary/aromatic N) is 1. The molecular formula is C12H21N3O. The quantitative estimate of drug-likeness (QED) is 0.657. The number of amides is 1. The number of carbonyl (C=O) groups excluding carboxylic acids is 1. The maximum atomic E-state index is 11.7. The lowest BCUT2D eigenvalue weighted by Crippen LogP contribution is -2.46. The molecule has 2 unspecified atom stereocenters. The second kappa shape index (κ2) is 4.97. The van der Waals surface area contributed by atoms with Crippen LogP contribution in [0.25, 0.3) is 0 Å². The van der Waals surface area contributed by atoms with Crippen molar-refractivity contribution in [2.75, 3.05) is 13.1 Å². The Morgan fingerprint density at radius 2 is 2.31 bits per heavy atom. The van der Waals surface area contributed by atoms with Crippen LogP contribution in [0.1, 0.15) is 25.7 Å². The third kappa shape index (κ3) is 2.83. The smallest absolute Gasteiger partial charge is 0.237 e. The van der Waals surface area contributed by atoms with Gasteiger partial charge in [-0.15, -0.1) is 6.58 Å². The van der Waals surface area contributed by atoms with Crippen LogP contribution in [0.3, 0.4) is 0 Å². The Morgan fingerprint density at radius 3 is 2.94 bits per heavy atom. The summed E-state index contributed by atoms with van der Waals surface area (Å²) in [4.78, 5) is 14.2. The molecule has 0 radical (unpaired) electrons. The van der Waals surface area contributed by atoms with E-state index in [0.29, 0.717) is 12.5 Å². The van der Waals surface area contributed by atoms with Crippen LogP contribution in [0.15, 0.2) is 12.7 Å². The largest absolute Gasteiger partial charge is 0.351 e. The number of likely N-dealkylation sites (tertiary alicyclic amines) is 1. The second-order valence-corrected chi connectivity index (χ2v) is 4.85. The first-order valence-electron chi connectivity index (χ1n) is 6.11. The topological polar surface area (TPSA) is 58.4 Å². The van der Waals surface area contributed by atoms with Gasteiger partial charge in [-0.1, -0.05) is 6.08 Å². The van der Waals surface area contributed by atoms with Gasteiger partial charge in [0.1, 0.15) is 0 Å². The summed E-state index contributed by atoms with van der Waals surface area (Å²) in [5.74, 6) is -0.0393. The number of hydrogen-bond acceptors (Lipinski definition) is 3. The van der Waals surface area contributed by atoms with Crippen molar-refractivity contribution in [3.05, 3.63) is 12.7 Å². The van der Waals surface area contributed by atoms with Crippen LogP contribution in [0, 0.1) is 0 Å². The van der Waals surface area contributed by atoms with Gasteiger partial charge in [0.25, 0.3) is 0 Å². The molecule has 0 spiro atoms. The summed E-state index contributed by atoms with van der Waals surface area (Å²) in [7, 11) is 0. The highest BCUT2D eigenvalue weighted by Gasteiger charge is 2.35. The lowest BCUT2D eigenvalue weighted by molar-refractivity contribution is -0.122. The zero-order valence-electron chi connectivity index (χ0n) is 9.69. The molecule has 1 aliphatic carbocycles. The van der Waals surface area contributed by atoms with E-state index < -0.39 is 6.04 Å². The van der Waals surface area contributed by atoms with Crippen LogP contribution < -0.4 is 11.1 Å². The van der Waals surface area contributed by atoms with Crippen molar-refractivity contribution in [1.29, 1.82) is 0 Å². The van der Waals surface area contributed by atoms with E-state index in [1.165, 1.54) is 12.8 Å². The number of carbonyl (C=O) groups is 1. The number of nitrogens with two attached hydrogens (primary N) is 1. The molecule has 2 fully saturated rings. The molecule has 1 aliphatic heterocycles. The lowest BCUT2D eigenvalue weighted by Gasteiger charge is -2.17. The fourth-order valence-corrected chi connectivity index (χ4v) is 2.27. The minimum atomic E-state index is -0.438. The van der Waals surface area contributed by atoms with Crippen LogP contribution in [0.2, 0.25) is 0 Å². The SMILES string of the molecule is C=CCC(N)C(=O)NC1CCN(C2CC2)C1. The zero-order chi connectivity index (χ0) is 11.5. The zero-order valence-corrected chi connectivity index (χ0v) is 9.69. The molecule has 2 rings (SSSR count).